The van der Waals surface area contributed by atoms with Crippen molar-refractivity contribution in [3.05, 3.63) is 0 Å². The molecule has 10 nitrogen and oxygen atoms in total. The molecule has 0 atom stereocenters. The summed E-state index contributed by atoms with van der Waals surface area (Å²) in [7, 11) is -6.72. The summed E-state index contributed by atoms with van der Waals surface area (Å²) in [4.78, 5) is 20.3. The van der Waals surface area contributed by atoms with Crippen LogP contribution in [0.15, 0.2) is 0 Å². The summed E-state index contributed by atoms with van der Waals surface area (Å²) in [6, 6.07) is 0. The minimum Gasteiger partial charge on any atom is -0.391 e. The third-order valence-corrected chi connectivity index (χ3v) is 8.11. The van der Waals surface area contributed by atoms with E-state index >= 15 is 0 Å². The second-order valence-corrected chi connectivity index (χ2v) is 16.4. The van der Waals surface area contributed by atoms with Gasteiger partial charge in [0.25, 0.3) is 0 Å². The van der Waals surface area contributed by atoms with E-state index in [9.17, 15) is 9.59 Å². The van der Waals surface area contributed by atoms with Crippen molar-refractivity contribution >= 4 is 18.1 Å². The molecule has 0 fully saturated rings. The molecule has 4 N–H and O–H groups in total. The summed E-state index contributed by atoms with van der Waals surface area (Å²) < 4.78 is 32.5. The second kappa shape index (κ2) is 36.2. The van der Waals surface area contributed by atoms with Gasteiger partial charge >= 0.3 is 18.1 Å². The van der Waals surface area contributed by atoms with E-state index in [-0.39, 0.29) is 26.2 Å². The molecule has 0 saturated carbocycles. The van der Waals surface area contributed by atoms with Crippen LogP contribution in [0.2, 0.25) is 0 Å². The van der Waals surface area contributed by atoms with Crippen molar-refractivity contribution in [2.24, 2.45) is 0 Å². The van der Waals surface area contributed by atoms with Crippen LogP contribution < -0.4 is 0 Å². The van der Waals surface area contributed by atoms with Crippen LogP contribution >= 0.6 is 0 Å². The van der Waals surface area contributed by atoms with Crippen LogP contribution in [-0.2, 0) is 52.8 Å². The first-order valence-electron chi connectivity index (χ1n) is 17.1. The van der Waals surface area contributed by atoms with E-state index in [0.717, 1.165) is 77.0 Å². The molecule has 0 heterocycles. The zero-order valence-electron chi connectivity index (χ0n) is 31.5. The van der Waals surface area contributed by atoms with Crippen molar-refractivity contribution in [1.82, 2.24) is 0 Å². The van der Waals surface area contributed by atoms with Crippen molar-refractivity contribution < 1.29 is 72.6 Å². The van der Waals surface area contributed by atoms with Crippen LogP contribution in [0, 0.1) is 0 Å². The zero-order chi connectivity index (χ0) is 35.0. The van der Waals surface area contributed by atoms with E-state index in [1.54, 1.807) is 41.5 Å². The van der Waals surface area contributed by atoms with Crippen LogP contribution in [0.3, 0.4) is 0 Å². The zero-order valence-corrected chi connectivity index (χ0v) is 35.9. The van der Waals surface area contributed by atoms with E-state index in [1.165, 1.54) is 0 Å². The summed E-state index contributed by atoms with van der Waals surface area (Å²) in [6.07, 6.45) is 11.7. The smallest absolute Gasteiger partial charge is 0.391 e. The Bertz CT molecular complexity index is 452. The van der Waals surface area contributed by atoms with Crippen molar-refractivity contribution in [2.75, 3.05) is 39.6 Å². The van der Waals surface area contributed by atoms with Gasteiger partial charge in [0, 0.05) is 65.8 Å². The maximum atomic E-state index is 10.2. The van der Waals surface area contributed by atoms with Gasteiger partial charge in [-0.2, -0.15) is 0 Å². The third kappa shape index (κ3) is 60.7. The minimum absolute atomic E-state index is 0. The number of aliphatic hydroxyl groups is 2. The summed E-state index contributed by atoms with van der Waals surface area (Å²) in [6.45, 7) is 26.0. The van der Waals surface area contributed by atoms with E-state index in [1.807, 2.05) is 0 Å². The summed E-state index contributed by atoms with van der Waals surface area (Å²) >= 11 is 0. The molecule has 0 radical (unpaired) electrons. The second-order valence-electron chi connectivity index (χ2n) is 12.6. The molecule has 0 unspecified atom stereocenters. The summed E-state index contributed by atoms with van der Waals surface area (Å²) in [5.74, 6) is 0. The van der Waals surface area contributed by atoms with Crippen LogP contribution in [-0.4, -0.2) is 88.7 Å². The van der Waals surface area contributed by atoms with E-state index in [2.05, 4.69) is 41.5 Å². The van der Waals surface area contributed by atoms with Crippen molar-refractivity contribution in [3.63, 3.8) is 0 Å². The average molecular weight is 768 g/mol. The largest absolute Gasteiger partial charge is 0.676 e. The quantitative estimate of drug-likeness (QED) is 0.0586. The normalized spacial score (nSPS) is 11.7. The molecule has 0 aliphatic carbocycles. The monoisotopic (exact) mass is 766 g/mol. The maximum absolute atomic E-state index is 10.2. The Kier molecular flexibility index (Phi) is 44.5. The van der Waals surface area contributed by atoms with Crippen LogP contribution in [0.5, 0.6) is 0 Å². The topological polar surface area (TPSA) is 136 Å². The van der Waals surface area contributed by atoms with Gasteiger partial charge in [-0.25, -0.2) is 0 Å². The standard InChI is InChI=1S/2C12H28O4Si.2C4H10O.Zr/c2*1-4-7-10-14-17(13,15-11-8-5-2)16-12-9-6-3;2*1-4(2,3)5;/h2*13H,4-12H2,1-3H3;2*5H,1-3H3;. The van der Waals surface area contributed by atoms with Gasteiger partial charge in [-0.15, -0.1) is 0 Å². The van der Waals surface area contributed by atoms with E-state index in [0.29, 0.717) is 39.6 Å². The van der Waals surface area contributed by atoms with Gasteiger partial charge in [0.15, 0.2) is 0 Å². The molecule has 0 aromatic carbocycles. The molecular weight excluding hydrogens is 692 g/mol. The Morgan fingerprint density at radius 2 is 0.489 bits per heavy atom. The van der Waals surface area contributed by atoms with Crippen LogP contribution in [0.25, 0.3) is 0 Å². The van der Waals surface area contributed by atoms with E-state index in [4.69, 9.17) is 36.8 Å². The van der Waals surface area contributed by atoms with Crippen molar-refractivity contribution in [3.8, 4) is 0 Å². The van der Waals surface area contributed by atoms with Gasteiger partial charge in [-0.1, -0.05) is 80.1 Å². The Hall–Kier alpha value is 0.917. The number of unbranched alkanes of at least 4 members (excludes halogenated alkanes) is 6. The Labute approximate surface area is 300 Å². The molecule has 276 valence electrons. The summed E-state index contributed by atoms with van der Waals surface area (Å²) in [5.41, 5.74) is -1.00. The number of hydrogen-bond donors (Lipinski definition) is 4. The number of hydrogen-bond acceptors (Lipinski definition) is 10. The van der Waals surface area contributed by atoms with Crippen molar-refractivity contribution in [2.45, 2.75) is 171 Å². The fraction of sp³-hybridized carbons (Fsp3) is 1.00. The van der Waals surface area contributed by atoms with Crippen LogP contribution in [0.4, 0.5) is 0 Å². The molecule has 0 rings (SSSR count). The maximum Gasteiger partial charge on any atom is 0.676 e. The average Bonchev–Trinajstić information content (AvgIpc) is 2.88. The molecule has 0 aliphatic rings. The predicted octanol–water partition coefficient (Wildman–Crippen LogP) is 7.28. The first-order chi connectivity index (χ1) is 20.4. The molecule has 0 aromatic rings. The molecule has 0 aliphatic heterocycles. The minimum atomic E-state index is -3.36. The SMILES string of the molecule is CC(C)(C)O.CC(C)(C)O.CCCCO[Si](O)(OCCCC)OCCCC.CCCCO[Si](O)(OCCCC)OCCCC.[Zr]. The molecule has 13 heteroatoms. The Morgan fingerprint density at radius 3 is 0.578 bits per heavy atom. The third-order valence-electron chi connectivity index (χ3n) is 4.69. The van der Waals surface area contributed by atoms with Gasteiger partial charge in [-0.05, 0) is 80.1 Å². The van der Waals surface area contributed by atoms with E-state index < -0.39 is 29.3 Å². The Balaban J connectivity index is -0.000000179. The molecular formula is C32H76O10Si2Zr. The van der Waals surface area contributed by atoms with Gasteiger partial charge < -0.3 is 46.4 Å². The van der Waals surface area contributed by atoms with Gasteiger partial charge in [0.05, 0.1) is 11.2 Å². The molecule has 0 amide bonds. The molecule has 0 aromatic heterocycles. The first-order valence-corrected chi connectivity index (χ1v) is 20.4. The predicted molar refractivity (Wildman–Crippen MR) is 185 cm³/mol. The fourth-order valence-corrected chi connectivity index (χ4v) is 5.24. The fourth-order valence-electron chi connectivity index (χ4n) is 2.32. The van der Waals surface area contributed by atoms with Crippen LogP contribution in [0.1, 0.15) is 160 Å². The van der Waals surface area contributed by atoms with Crippen molar-refractivity contribution in [1.29, 1.82) is 0 Å². The van der Waals surface area contributed by atoms with Gasteiger partial charge in [0.2, 0.25) is 0 Å². The molecule has 0 saturated heterocycles. The molecule has 0 bridgehead atoms. The molecule has 0 spiro atoms. The molecule has 45 heavy (non-hydrogen) atoms. The summed E-state index contributed by atoms with van der Waals surface area (Å²) in [5, 5.41) is 17.0. The Morgan fingerprint density at radius 1 is 0.378 bits per heavy atom. The first kappa shape index (κ1) is 55.3. The van der Waals surface area contributed by atoms with Gasteiger partial charge in [-0.3, -0.25) is 0 Å². The van der Waals surface area contributed by atoms with Gasteiger partial charge in [0.1, 0.15) is 0 Å². The number of rotatable bonds is 24.